The van der Waals surface area contributed by atoms with Gasteiger partial charge in [0.1, 0.15) is 0 Å². The first-order chi connectivity index (χ1) is 8.19. The van der Waals surface area contributed by atoms with Crippen LogP contribution < -0.4 is 5.32 Å². The van der Waals surface area contributed by atoms with Gasteiger partial charge in [-0.2, -0.15) is 0 Å². The smallest absolute Gasteiger partial charge is 0.0245 e. The van der Waals surface area contributed by atoms with Crippen LogP contribution in [0, 0.1) is 29.6 Å². The van der Waals surface area contributed by atoms with Crippen molar-refractivity contribution in [1.82, 2.24) is 5.32 Å². The Morgan fingerprint density at radius 3 is 2.18 bits per heavy atom. The fraction of sp³-hybridized carbons (Fsp3) is 0.875. The van der Waals surface area contributed by atoms with Crippen LogP contribution in [0.15, 0.2) is 0 Å². The highest BCUT2D eigenvalue weighted by molar-refractivity contribution is 5.00. The maximum absolute atomic E-state index is 3.63. The van der Waals surface area contributed by atoms with Gasteiger partial charge in [-0.25, -0.2) is 0 Å². The van der Waals surface area contributed by atoms with Crippen molar-refractivity contribution >= 4 is 0 Å². The van der Waals surface area contributed by atoms with Crippen molar-refractivity contribution in [1.29, 1.82) is 0 Å². The predicted octanol–water partition coefficient (Wildman–Crippen LogP) is 3.84. The number of rotatable bonds is 5. The van der Waals surface area contributed by atoms with Crippen molar-refractivity contribution in [2.45, 2.75) is 65.8 Å². The first-order valence-electron chi connectivity index (χ1n) is 7.32. The second-order valence-corrected chi connectivity index (χ2v) is 5.71. The molecule has 0 radical (unpaired) electrons. The summed E-state index contributed by atoms with van der Waals surface area (Å²) in [6.45, 7) is 9.95. The van der Waals surface area contributed by atoms with Crippen molar-refractivity contribution in [3.05, 3.63) is 0 Å². The van der Waals surface area contributed by atoms with Crippen LogP contribution in [0.1, 0.15) is 59.8 Å². The summed E-state index contributed by atoms with van der Waals surface area (Å²) in [7, 11) is 0. The first-order valence-corrected chi connectivity index (χ1v) is 7.32. The molecule has 0 heterocycles. The number of nitrogens with one attached hydrogen (secondary N) is 1. The molecule has 1 heteroatoms. The SMILES string of the molecule is CC#CCC(NCC)C1CCC(C(C)C)CC1. The van der Waals surface area contributed by atoms with Crippen LogP contribution in [0.25, 0.3) is 0 Å². The fourth-order valence-electron chi connectivity index (χ4n) is 3.09. The zero-order valence-electron chi connectivity index (χ0n) is 12.1. The Balaban J connectivity index is 2.44. The molecular weight excluding hydrogens is 206 g/mol. The summed E-state index contributed by atoms with van der Waals surface area (Å²) in [6, 6.07) is 0.626. The van der Waals surface area contributed by atoms with E-state index in [4.69, 9.17) is 0 Å². The van der Waals surface area contributed by atoms with Crippen molar-refractivity contribution in [3.63, 3.8) is 0 Å². The lowest BCUT2D eigenvalue weighted by atomic mass is 9.74. The maximum Gasteiger partial charge on any atom is 0.0245 e. The molecular formula is C16H29N. The van der Waals surface area contributed by atoms with Gasteiger partial charge in [0.25, 0.3) is 0 Å². The van der Waals surface area contributed by atoms with Gasteiger partial charge in [0, 0.05) is 12.5 Å². The van der Waals surface area contributed by atoms with E-state index in [-0.39, 0.29) is 0 Å². The molecule has 1 saturated carbocycles. The molecule has 17 heavy (non-hydrogen) atoms. The molecule has 0 aromatic rings. The van der Waals surface area contributed by atoms with Crippen molar-refractivity contribution < 1.29 is 0 Å². The Labute approximate surface area is 108 Å². The molecule has 98 valence electrons. The van der Waals surface area contributed by atoms with Gasteiger partial charge in [-0.05, 0) is 56.9 Å². The average Bonchev–Trinajstić information content (AvgIpc) is 2.34. The van der Waals surface area contributed by atoms with Gasteiger partial charge in [0.15, 0.2) is 0 Å². The van der Waals surface area contributed by atoms with Gasteiger partial charge in [-0.1, -0.05) is 20.8 Å². The van der Waals surface area contributed by atoms with E-state index in [2.05, 4.69) is 37.9 Å². The van der Waals surface area contributed by atoms with Crippen LogP contribution in [-0.4, -0.2) is 12.6 Å². The van der Waals surface area contributed by atoms with Gasteiger partial charge in [0.2, 0.25) is 0 Å². The van der Waals surface area contributed by atoms with E-state index >= 15 is 0 Å². The fourth-order valence-corrected chi connectivity index (χ4v) is 3.09. The summed E-state index contributed by atoms with van der Waals surface area (Å²) in [5.74, 6) is 8.97. The quantitative estimate of drug-likeness (QED) is 0.714. The molecule has 0 amide bonds. The van der Waals surface area contributed by atoms with Crippen molar-refractivity contribution in [2.24, 2.45) is 17.8 Å². The first kappa shape index (κ1) is 14.6. The Hall–Kier alpha value is -0.480. The molecule has 0 aromatic carbocycles. The number of hydrogen-bond donors (Lipinski definition) is 1. The third kappa shape index (κ3) is 4.72. The molecule has 1 rings (SSSR count). The van der Waals surface area contributed by atoms with E-state index in [0.717, 1.165) is 30.7 Å². The number of hydrogen-bond acceptors (Lipinski definition) is 1. The summed E-state index contributed by atoms with van der Waals surface area (Å²) < 4.78 is 0. The van der Waals surface area contributed by atoms with Gasteiger partial charge < -0.3 is 5.32 Å². The normalized spacial score (nSPS) is 26.4. The van der Waals surface area contributed by atoms with Crippen LogP contribution in [0.3, 0.4) is 0 Å². The van der Waals surface area contributed by atoms with Crippen LogP contribution in [0.2, 0.25) is 0 Å². The molecule has 1 N–H and O–H groups in total. The van der Waals surface area contributed by atoms with E-state index in [1.165, 1.54) is 25.7 Å². The Morgan fingerprint density at radius 2 is 1.71 bits per heavy atom. The summed E-state index contributed by atoms with van der Waals surface area (Å²) in [5.41, 5.74) is 0. The largest absolute Gasteiger partial charge is 0.313 e. The molecule has 0 spiro atoms. The molecule has 1 aliphatic carbocycles. The molecule has 0 bridgehead atoms. The average molecular weight is 235 g/mol. The monoisotopic (exact) mass is 235 g/mol. The van der Waals surface area contributed by atoms with Gasteiger partial charge in [0.05, 0.1) is 0 Å². The minimum absolute atomic E-state index is 0.626. The van der Waals surface area contributed by atoms with E-state index in [1.54, 1.807) is 0 Å². The lowest BCUT2D eigenvalue weighted by Gasteiger charge is -2.35. The molecule has 1 fully saturated rings. The standard InChI is InChI=1S/C16H29N/c1-5-7-8-16(17-6-2)15-11-9-14(10-12-15)13(3)4/h13-17H,6,8-12H2,1-4H3. The third-order valence-corrected chi connectivity index (χ3v) is 4.29. The van der Waals surface area contributed by atoms with Crippen molar-refractivity contribution in [3.8, 4) is 11.8 Å². The predicted molar refractivity (Wildman–Crippen MR) is 75.8 cm³/mol. The highest BCUT2D eigenvalue weighted by atomic mass is 14.9. The topological polar surface area (TPSA) is 12.0 Å². The minimum Gasteiger partial charge on any atom is -0.313 e. The Morgan fingerprint density at radius 1 is 1.12 bits per heavy atom. The zero-order chi connectivity index (χ0) is 12.7. The molecule has 0 aliphatic heterocycles. The molecule has 0 saturated heterocycles. The highest BCUT2D eigenvalue weighted by Crippen LogP contribution is 2.35. The molecule has 1 aliphatic rings. The van der Waals surface area contributed by atoms with Crippen LogP contribution in [0.5, 0.6) is 0 Å². The Kier molecular flexibility index (Phi) is 6.66. The maximum atomic E-state index is 3.63. The molecule has 0 aromatic heterocycles. The van der Waals surface area contributed by atoms with Gasteiger partial charge in [-0.15, -0.1) is 11.8 Å². The van der Waals surface area contributed by atoms with Gasteiger partial charge in [-0.3, -0.25) is 0 Å². The minimum atomic E-state index is 0.626. The second-order valence-electron chi connectivity index (χ2n) is 5.71. The molecule has 1 atom stereocenters. The van der Waals surface area contributed by atoms with E-state index < -0.39 is 0 Å². The van der Waals surface area contributed by atoms with E-state index in [9.17, 15) is 0 Å². The van der Waals surface area contributed by atoms with Crippen LogP contribution in [-0.2, 0) is 0 Å². The van der Waals surface area contributed by atoms with Crippen LogP contribution in [0.4, 0.5) is 0 Å². The summed E-state index contributed by atoms with van der Waals surface area (Å²) in [6.07, 6.45) is 6.66. The molecule has 1 unspecified atom stereocenters. The summed E-state index contributed by atoms with van der Waals surface area (Å²) in [4.78, 5) is 0. The Bertz CT molecular complexity index is 250. The van der Waals surface area contributed by atoms with Crippen LogP contribution >= 0.6 is 0 Å². The second kappa shape index (κ2) is 7.77. The third-order valence-electron chi connectivity index (χ3n) is 4.29. The lowest BCUT2D eigenvalue weighted by molar-refractivity contribution is 0.190. The van der Waals surface area contributed by atoms with E-state index in [1.807, 2.05) is 6.92 Å². The summed E-state index contributed by atoms with van der Waals surface area (Å²) >= 11 is 0. The summed E-state index contributed by atoms with van der Waals surface area (Å²) in [5, 5.41) is 3.63. The highest BCUT2D eigenvalue weighted by Gasteiger charge is 2.27. The van der Waals surface area contributed by atoms with E-state index in [0.29, 0.717) is 6.04 Å². The van der Waals surface area contributed by atoms with Gasteiger partial charge >= 0.3 is 0 Å². The zero-order valence-corrected chi connectivity index (χ0v) is 12.1. The lowest BCUT2D eigenvalue weighted by Crippen LogP contribution is -2.38. The van der Waals surface area contributed by atoms with Crippen molar-refractivity contribution in [2.75, 3.05) is 6.54 Å². The molecule has 1 nitrogen and oxygen atoms in total.